The molecule has 1 aliphatic heterocycles. The Hall–Kier alpha value is -1.96. The number of aliphatic hydroxyl groups excluding tert-OH is 1. The van der Waals surface area contributed by atoms with Gasteiger partial charge in [0.25, 0.3) is 0 Å². The van der Waals surface area contributed by atoms with Gasteiger partial charge in [-0.05, 0) is 67.4 Å². The molecule has 0 unspecified atom stereocenters. The lowest BCUT2D eigenvalue weighted by molar-refractivity contribution is -0.300. The first-order valence-corrected chi connectivity index (χ1v) is 13.5. The molecule has 2 bridgehead atoms. The van der Waals surface area contributed by atoms with Gasteiger partial charge in [-0.25, -0.2) is 4.79 Å². The van der Waals surface area contributed by atoms with E-state index in [1.165, 1.54) is 0 Å². The number of carbonyl (C=O) groups excluding carboxylic acids is 1. The minimum absolute atomic E-state index is 0.0983. The van der Waals surface area contributed by atoms with E-state index in [1.807, 2.05) is 6.07 Å². The van der Waals surface area contributed by atoms with Gasteiger partial charge in [-0.2, -0.15) is 0 Å². The molecular weight excluding hydrogens is 460 g/mol. The van der Waals surface area contributed by atoms with E-state index < -0.39 is 47.2 Å². The Labute approximate surface area is 212 Å². The molecule has 2 spiro atoms. The Balaban J connectivity index is 1.46. The number of fused-ring (bicyclic) bond motifs is 3. The average molecular weight is 499 g/mol. The van der Waals surface area contributed by atoms with Gasteiger partial charge >= 0.3 is 11.9 Å². The topological polar surface area (TPSA) is 102 Å². The molecule has 196 valence electrons. The zero-order valence-electron chi connectivity index (χ0n) is 21.3. The predicted molar refractivity (Wildman–Crippen MR) is 130 cm³/mol. The molecule has 2 N–H and O–H groups in total. The van der Waals surface area contributed by atoms with Crippen LogP contribution in [-0.4, -0.2) is 53.9 Å². The van der Waals surface area contributed by atoms with Crippen molar-refractivity contribution in [3.05, 3.63) is 35.9 Å². The quantitative estimate of drug-likeness (QED) is 0.592. The lowest BCUT2D eigenvalue weighted by Gasteiger charge is -2.68. The van der Waals surface area contributed by atoms with Crippen molar-refractivity contribution < 1.29 is 34.0 Å². The first-order chi connectivity index (χ1) is 17.2. The Kier molecular flexibility index (Phi) is 5.43. The van der Waals surface area contributed by atoms with Gasteiger partial charge in [-0.1, -0.05) is 38.5 Å². The molecule has 6 rings (SSSR count). The zero-order chi connectivity index (χ0) is 25.4. The fourth-order valence-electron chi connectivity index (χ4n) is 9.81. The van der Waals surface area contributed by atoms with E-state index in [0.717, 1.165) is 38.5 Å². The Morgan fingerprint density at radius 2 is 1.78 bits per heavy atom. The molecule has 1 aromatic rings. The van der Waals surface area contributed by atoms with E-state index in [9.17, 15) is 19.8 Å². The summed E-state index contributed by atoms with van der Waals surface area (Å²) in [6.45, 7) is 5.25. The largest absolute Gasteiger partial charge is 0.481 e. The molecule has 5 fully saturated rings. The van der Waals surface area contributed by atoms with Crippen LogP contribution < -0.4 is 0 Å². The molecule has 1 saturated heterocycles. The molecule has 5 aliphatic rings. The second-order valence-corrected chi connectivity index (χ2v) is 12.7. The number of hydrogen-bond acceptors (Lipinski definition) is 6. The van der Waals surface area contributed by atoms with Gasteiger partial charge in [0.15, 0.2) is 5.79 Å². The van der Waals surface area contributed by atoms with E-state index in [4.69, 9.17) is 14.2 Å². The highest BCUT2D eigenvalue weighted by molar-refractivity contribution is 5.89. The normalized spacial score (nSPS) is 44.6. The highest BCUT2D eigenvalue weighted by Gasteiger charge is 2.77. The molecule has 1 aromatic carbocycles. The molecule has 36 heavy (non-hydrogen) atoms. The van der Waals surface area contributed by atoms with Crippen molar-refractivity contribution in [2.75, 3.05) is 19.8 Å². The van der Waals surface area contributed by atoms with Crippen LogP contribution in [0.1, 0.15) is 75.6 Å². The minimum Gasteiger partial charge on any atom is -0.481 e. The van der Waals surface area contributed by atoms with Crippen molar-refractivity contribution in [2.45, 2.75) is 77.1 Å². The van der Waals surface area contributed by atoms with Crippen LogP contribution in [0.2, 0.25) is 0 Å². The Morgan fingerprint density at radius 3 is 2.44 bits per heavy atom. The van der Waals surface area contributed by atoms with Crippen LogP contribution >= 0.6 is 0 Å². The number of benzene rings is 1. The van der Waals surface area contributed by atoms with Crippen LogP contribution in [0.25, 0.3) is 0 Å². The monoisotopic (exact) mass is 498 g/mol. The fourth-order valence-corrected chi connectivity index (χ4v) is 9.81. The zero-order valence-corrected chi connectivity index (χ0v) is 21.3. The van der Waals surface area contributed by atoms with Gasteiger partial charge < -0.3 is 24.4 Å². The predicted octanol–water partition coefficient (Wildman–Crippen LogP) is 4.43. The number of aliphatic hydroxyl groups is 1. The first-order valence-electron chi connectivity index (χ1n) is 13.5. The van der Waals surface area contributed by atoms with Crippen molar-refractivity contribution in [1.82, 2.24) is 0 Å². The highest BCUT2D eigenvalue weighted by Crippen LogP contribution is 2.78. The maximum absolute atomic E-state index is 13.3. The van der Waals surface area contributed by atoms with Crippen molar-refractivity contribution in [3.63, 3.8) is 0 Å². The number of esters is 1. The molecule has 7 nitrogen and oxygen atoms in total. The number of hydrogen-bond donors (Lipinski definition) is 2. The van der Waals surface area contributed by atoms with Crippen LogP contribution in [0.15, 0.2) is 30.3 Å². The molecule has 0 amide bonds. The van der Waals surface area contributed by atoms with Gasteiger partial charge in [-0.15, -0.1) is 0 Å². The van der Waals surface area contributed by atoms with Crippen molar-refractivity contribution in [3.8, 4) is 0 Å². The van der Waals surface area contributed by atoms with Gasteiger partial charge in [0.2, 0.25) is 0 Å². The Morgan fingerprint density at radius 1 is 1.06 bits per heavy atom. The van der Waals surface area contributed by atoms with Crippen LogP contribution in [0.3, 0.4) is 0 Å². The second kappa shape index (κ2) is 8.02. The third kappa shape index (κ3) is 2.96. The molecule has 1 heterocycles. The van der Waals surface area contributed by atoms with E-state index in [-0.39, 0.29) is 16.7 Å². The number of aliphatic carboxylic acids is 1. The second-order valence-electron chi connectivity index (χ2n) is 12.7. The number of ether oxygens (including phenoxy) is 3. The highest BCUT2D eigenvalue weighted by atomic mass is 16.7. The molecule has 0 radical (unpaired) electrons. The third-order valence-electron chi connectivity index (χ3n) is 11.4. The summed E-state index contributed by atoms with van der Waals surface area (Å²) in [5.74, 6) is -2.31. The minimum atomic E-state index is -1.33. The lowest BCUT2D eigenvalue weighted by atomic mass is 9.37. The van der Waals surface area contributed by atoms with Crippen LogP contribution in [-0.2, 0) is 19.0 Å². The molecule has 7 heteroatoms. The molecule has 0 aromatic heterocycles. The van der Waals surface area contributed by atoms with Gasteiger partial charge in [0.05, 0.1) is 30.8 Å². The molecule has 4 aliphatic carbocycles. The van der Waals surface area contributed by atoms with Crippen LogP contribution in [0, 0.1) is 33.5 Å². The van der Waals surface area contributed by atoms with E-state index in [1.54, 1.807) is 24.3 Å². The number of rotatable bonds is 4. The van der Waals surface area contributed by atoms with E-state index in [0.29, 0.717) is 31.6 Å². The fraction of sp³-hybridized carbons (Fsp3) is 0.724. The van der Waals surface area contributed by atoms with Gasteiger partial charge in [0.1, 0.15) is 6.10 Å². The number of carbonyl (C=O) groups is 2. The molecular formula is C29H38O7. The maximum Gasteiger partial charge on any atom is 0.338 e. The summed E-state index contributed by atoms with van der Waals surface area (Å²) in [7, 11) is 0. The summed E-state index contributed by atoms with van der Waals surface area (Å²) >= 11 is 0. The summed E-state index contributed by atoms with van der Waals surface area (Å²) in [5, 5.41) is 21.2. The summed E-state index contributed by atoms with van der Waals surface area (Å²) in [5.41, 5.74) is -1.50. The molecule has 4 saturated carbocycles. The van der Waals surface area contributed by atoms with Crippen LogP contribution in [0.4, 0.5) is 0 Å². The maximum atomic E-state index is 13.3. The van der Waals surface area contributed by atoms with Crippen molar-refractivity contribution >= 4 is 11.9 Å². The summed E-state index contributed by atoms with van der Waals surface area (Å²) in [6, 6.07) is 8.89. The lowest BCUT2D eigenvalue weighted by Crippen LogP contribution is -2.69. The van der Waals surface area contributed by atoms with Crippen LogP contribution in [0.5, 0.6) is 0 Å². The Bertz CT molecular complexity index is 1050. The summed E-state index contributed by atoms with van der Waals surface area (Å²) in [4.78, 5) is 26.2. The summed E-state index contributed by atoms with van der Waals surface area (Å²) in [6.07, 6.45) is 5.57. The average Bonchev–Trinajstić information content (AvgIpc) is 3.47. The first kappa shape index (κ1) is 24.4. The standard InChI is InChI=1S/C29H38O7/c1-25-11-12-28(17-25)20(16-29(25)34-13-14-35-29)15-21(36-23(31)19-7-4-3-5-8-19)22-26(28,2)9-6-10-27(22,18-30)24(32)33/h3-5,7-8,20-22,30H,6,9-18H2,1-2H3,(H,32,33)/t20-,21+,22+,25-,26-,27+,28-/m0/s1. The van der Waals surface area contributed by atoms with Gasteiger partial charge in [-0.3, -0.25) is 4.79 Å². The smallest absolute Gasteiger partial charge is 0.338 e. The van der Waals surface area contributed by atoms with Crippen molar-refractivity contribution in [1.29, 1.82) is 0 Å². The SMILES string of the molecule is C[C@]12CC[C@]3(C1)[C@@H](C[C@@H](OC(=O)c1ccccc1)[C@H]1[C@@](CO)(C(=O)O)CCC[C@@]13C)CC21OCCO1. The number of carboxylic acid groups (broad SMARTS) is 1. The summed E-state index contributed by atoms with van der Waals surface area (Å²) < 4.78 is 19.0. The van der Waals surface area contributed by atoms with E-state index in [2.05, 4.69) is 13.8 Å². The van der Waals surface area contributed by atoms with Gasteiger partial charge in [0, 0.05) is 17.8 Å². The van der Waals surface area contributed by atoms with E-state index >= 15 is 0 Å². The number of carboxylic acids is 1. The molecule has 7 atom stereocenters. The van der Waals surface area contributed by atoms with Crippen molar-refractivity contribution in [2.24, 2.45) is 33.5 Å². The third-order valence-corrected chi connectivity index (χ3v) is 11.4.